The summed E-state index contributed by atoms with van der Waals surface area (Å²) in [7, 11) is 0. The first-order valence-electron chi connectivity index (χ1n) is 5.67. The van der Waals surface area contributed by atoms with Crippen molar-refractivity contribution in [3.8, 4) is 0 Å². The first kappa shape index (κ1) is 13.3. The number of rotatable bonds is 3. The molecule has 1 atom stereocenters. The van der Waals surface area contributed by atoms with Crippen molar-refractivity contribution in [3.05, 3.63) is 56.2 Å². The number of aliphatic hydroxyl groups is 1. The van der Waals surface area contributed by atoms with E-state index in [2.05, 4.69) is 36.8 Å². The van der Waals surface area contributed by atoms with Crippen LogP contribution >= 0.6 is 43.2 Å². The van der Waals surface area contributed by atoms with Crippen LogP contribution in [0.4, 0.5) is 0 Å². The van der Waals surface area contributed by atoms with Gasteiger partial charge in [-0.05, 0) is 49.6 Å². The minimum Gasteiger partial charge on any atom is -0.388 e. The number of nitrogens with zero attached hydrogens (tertiary/aromatic N) is 2. The average Bonchev–Trinajstić information content (AvgIpc) is 2.93. The van der Waals surface area contributed by atoms with Gasteiger partial charge < -0.3 is 5.11 Å². The minimum atomic E-state index is -0.547. The van der Waals surface area contributed by atoms with Crippen molar-refractivity contribution in [1.82, 2.24) is 9.38 Å². The topological polar surface area (TPSA) is 37.5 Å². The maximum atomic E-state index is 10.3. The van der Waals surface area contributed by atoms with Crippen molar-refractivity contribution in [2.75, 3.05) is 0 Å². The third kappa shape index (κ3) is 2.76. The number of thiazole rings is 1. The van der Waals surface area contributed by atoms with Gasteiger partial charge in [-0.3, -0.25) is 4.40 Å². The Labute approximate surface area is 131 Å². The van der Waals surface area contributed by atoms with E-state index in [1.54, 1.807) is 11.3 Å². The Kier molecular flexibility index (Phi) is 3.75. The van der Waals surface area contributed by atoms with E-state index in [0.29, 0.717) is 6.42 Å². The zero-order valence-corrected chi connectivity index (χ0v) is 13.7. The maximum Gasteiger partial charge on any atom is 0.193 e. The van der Waals surface area contributed by atoms with Crippen LogP contribution in [0.2, 0.25) is 0 Å². The third-order valence-corrected chi connectivity index (χ3v) is 5.52. The number of aromatic nitrogens is 2. The molecule has 0 saturated heterocycles. The first-order valence-corrected chi connectivity index (χ1v) is 8.14. The van der Waals surface area contributed by atoms with E-state index in [-0.39, 0.29) is 0 Å². The van der Waals surface area contributed by atoms with E-state index in [1.807, 2.05) is 40.4 Å². The van der Waals surface area contributed by atoms with Crippen LogP contribution in [-0.4, -0.2) is 14.5 Å². The van der Waals surface area contributed by atoms with Crippen molar-refractivity contribution in [1.29, 1.82) is 0 Å². The van der Waals surface area contributed by atoms with Crippen LogP contribution in [-0.2, 0) is 6.42 Å². The molecule has 1 unspecified atom stereocenters. The van der Waals surface area contributed by atoms with Crippen molar-refractivity contribution in [2.45, 2.75) is 12.5 Å². The van der Waals surface area contributed by atoms with Gasteiger partial charge in [0.1, 0.15) is 0 Å². The molecule has 2 aromatic heterocycles. The van der Waals surface area contributed by atoms with E-state index in [1.165, 1.54) is 0 Å². The summed E-state index contributed by atoms with van der Waals surface area (Å²) in [6, 6.07) is 5.76. The fraction of sp³-hybridized carbons (Fsp3) is 0.154. The molecule has 0 saturated carbocycles. The lowest BCUT2D eigenvalue weighted by Gasteiger charge is -2.10. The molecule has 3 rings (SSSR count). The third-order valence-electron chi connectivity index (χ3n) is 2.87. The summed E-state index contributed by atoms with van der Waals surface area (Å²) < 4.78 is 3.89. The number of hydrogen-bond donors (Lipinski definition) is 1. The number of fused-ring (bicyclic) bond motifs is 1. The molecule has 3 aromatic rings. The summed E-state index contributed by atoms with van der Waals surface area (Å²) in [5, 5.41) is 12.3. The quantitative estimate of drug-likeness (QED) is 0.714. The molecule has 0 aliphatic rings. The smallest absolute Gasteiger partial charge is 0.193 e. The van der Waals surface area contributed by atoms with E-state index in [4.69, 9.17) is 0 Å². The molecule has 1 N–H and O–H groups in total. The van der Waals surface area contributed by atoms with Crippen molar-refractivity contribution in [3.63, 3.8) is 0 Å². The largest absolute Gasteiger partial charge is 0.388 e. The Morgan fingerprint density at radius 3 is 2.89 bits per heavy atom. The van der Waals surface area contributed by atoms with Crippen LogP contribution in [0.5, 0.6) is 0 Å². The van der Waals surface area contributed by atoms with Crippen molar-refractivity contribution in [2.24, 2.45) is 0 Å². The van der Waals surface area contributed by atoms with Gasteiger partial charge in [-0.15, -0.1) is 11.3 Å². The van der Waals surface area contributed by atoms with Gasteiger partial charge in [0.25, 0.3) is 0 Å². The van der Waals surface area contributed by atoms with Crippen molar-refractivity contribution >= 4 is 48.2 Å². The highest BCUT2D eigenvalue weighted by Gasteiger charge is 2.12. The van der Waals surface area contributed by atoms with Gasteiger partial charge in [-0.2, -0.15) is 0 Å². The molecule has 0 fully saturated rings. The van der Waals surface area contributed by atoms with Crippen LogP contribution in [0, 0.1) is 0 Å². The van der Waals surface area contributed by atoms with E-state index >= 15 is 0 Å². The minimum absolute atomic E-state index is 0.516. The SMILES string of the molecule is OC(Cc1cn2ccsc2n1)c1ccc(Br)c(Br)c1. The summed E-state index contributed by atoms with van der Waals surface area (Å²) in [6.07, 6.45) is 3.90. The zero-order valence-electron chi connectivity index (χ0n) is 9.75. The molecule has 0 radical (unpaired) electrons. The van der Waals surface area contributed by atoms with Crippen LogP contribution in [0.1, 0.15) is 17.4 Å². The highest BCUT2D eigenvalue weighted by molar-refractivity contribution is 9.13. The van der Waals surface area contributed by atoms with Crippen molar-refractivity contribution < 1.29 is 5.11 Å². The van der Waals surface area contributed by atoms with Crippen LogP contribution < -0.4 is 0 Å². The molecule has 1 aromatic carbocycles. The summed E-state index contributed by atoms with van der Waals surface area (Å²) in [4.78, 5) is 5.44. The second-order valence-electron chi connectivity index (χ2n) is 4.22. The number of benzene rings is 1. The molecule has 0 aliphatic heterocycles. The summed E-state index contributed by atoms with van der Waals surface area (Å²) in [5.41, 5.74) is 1.78. The van der Waals surface area contributed by atoms with Gasteiger partial charge in [-0.1, -0.05) is 6.07 Å². The lowest BCUT2D eigenvalue weighted by molar-refractivity contribution is 0.177. The summed E-state index contributed by atoms with van der Waals surface area (Å²) >= 11 is 8.46. The van der Waals surface area contributed by atoms with Gasteiger partial charge in [0.15, 0.2) is 4.96 Å². The molecule has 3 nitrogen and oxygen atoms in total. The molecule has 0 spiro atoms. The molecule has 0 aliphatic carbocycles. The fourth-order valence-electron chi connectivity index (χ4n) is 1.91. The molecule has 98 valence electrons. The van der Waals surface area contributed by atoms with Crippen LogP contribution in [0.3, 0.4) is 0 Å². The van der Waals surface area contributed by atoms with Crippen LogP contribution in [0.15, 0.2) is 44.9 Å². The molecular formula is C13H10Br2N2OS. The van der Waals surface area contributed by atoms with Gasteiger partial charge in [0.05, 0.1) is 11.8 Å². The Hall–Kier alpha value is -0.690. The van der Waals surface area contributed by atoms with Gasteiger partial charge in [-0.25, -0.2) is 4.98 Å². The number of halogens is 2. The van der Waals surface area contributed by atoms with E-state index in [9.17, 15) is 5.11 Å². The number of aliphatic hydroxyl groups excluding tert-OH is 1. The fourth-order valence-corrected chi connectivity index (χ4v) is 3.27. The lowest BCUT2D eigenvalue weighted by atomic mass is 10.1. The molecule has 0 bridgehead atoms. The predicted molar refractivity (Wildman–Crippen MR) is 83.6 cm³/mol. The van der Waals surface area contributed by atoms with Gasteiger partial charge in [0, 0.05) is 33.1 Å². The summed E-state index contributed by atoms with van der Waals surface area (Å²) in [5.74, 6) is 0. The molecule has 6 heteroatoms. The lowest BCUT2D eigenvalue weighted by Crippen LogP contribution is -2.02. The standard InChI is InChI=1S/C13H10Br2N2OS/c14-10-2-1-8(5-11(10)15)12(18)6-9-7-17-3-4-19-13(17)16-9/h1-5,7,12,18H,6H2. The number of imidazole rings is 1. The molecule has 0 amide bonds. The number of hydrogen-bond acceptors (Lipinski definition) is 3. The average molecular weight is 402 g/mol. The second-order valence-corrected chi connectivity index (χ2v) is 6.80. The van der Waals surface area contributed by atoms with E-state index in [0.717, 1.165) is 25.2 Å². The zero-order chi connectivity index (χ0) is 13.4. The predicted octanol–water partition coefficient (Wildman–Crippen LogP) is 4.20. The Bertz CT molecular complexity index is 694. The van der Waals surface area contributed by atoms with Gasteiger partial charge >= 0.3 is 0 Å². The highest BCUT2D eigenvalue weighted by atomic mass is 79.9. The molecule has 19 heavy (non-hydrogen) atoms. The monoisotopic (exact) mass is 400 g/mol. The maximum absolute atomic E-state index is 10.3. The normalized spacial score (nSPS) is 13.0. The van der Waals surface area contributed by atoms with Crippen LogP contribution in [0.25, 0.3) is 4.96 Å². The summed E-state index contributed by atoms with van der Waals surface area (Å²) in [6.45, 7) is 0. The molecular weight excluding hydrogens is 392 g/mol. The Morgan fingerprint density at radius 1 is 1.32 bits per heavy atom. The van der Waals surface area contributed by atoms with Gasteiger partial charge in [0.2, 0.25) is 0 Å². The Morgan fingerprint density at radius 2 is 2.16 bits per heavy atom. The Balaban J connectivity index is 1.82. The van der Waals surface area contributed by atoms with E-state index < -0.39 is 6.10 Å². The molecule has 2 heterocycles. The highest BCUT2D eigenvalue weighted by Crippen LogP contribution is 2.28. The second kappa shape index (κ2) is 5.36. The first-order chi connectivity index (χ1) is 9.13.